The van der Waals surface area contributed by atoms with Crippen LogP contribution in [0.5, 0.6) is 0 Å². The summed E-state index contributed by atoms with van der Waals surface area (Å²) in [6.07, 6.45) is 3.91. The average molecular weight is 331 g/mol. The Kier molecular flexibility index (Phi) is 4.99. The molecule has 0 aliphatic carbocycles. The van der Waals surface area contributed by atoms with E-state index in [2.05, 4.69) is 9.71 Å². The molecule has 0 radical (unpaired) electrons. The van der Waals surface area contributed by atoms with E-state index < -0.39 is 10.0 Å². The summed E-state index contributed by atoms with van der Waals surface area (Å²) in [6, 6.07) is 8.01. The van der Waals surface area contributed by atoms with Crippen molar-refractivity contribution in [1.29, 1.82) is 0 Å². The second-order valence-electron chi connectivity index (χ2n) is 4.08. The number of hydrogen-bond acceptors (Lipinski definition) is 3. The lowest BCUT2D eigenvalue weighted by molar-refractivity contribution is 0.581. The molecule has 2 aromatic rings. The predicted octanol–water partition coefficient (Wildman–Crippen LogP) is 2.91. The summed E-state index contributed by atoms with van der Waals surface area (Å²) in [4.78, 5) is 3.95. The van der Waals surface area contributed by atoms with Crippen LogP contribution >= 0.6 is 23.2 Å². The molecule has 20 heavy (non-hydrogen) atoms. The van der Waals surface area contributed by atoms with Gasteiger partial charge < -0.3 is 0 Å². The highest BCUT2D eigenvalue weighted by molar-refractivity contribution is 7.89. The van der Waals surface area contributed by atoms with Crippen LogP contribution in [0.3, 0.4) is 0 Å². The number of sulfonamides is 1. The number of rotatable bonds is 5. The zero-order valence-electron chi connectivity index (χ0n) is 10.4. The maximum Gasteiger partial charge on any atom is 0.242 e. The fraction of sp³-hybridized carbons (Fsp3) is 0.154. The van der Waals surface area contributed by atoms with Crippen LogP contribution in [0.4, 0.5) is 0 Å². The monoisotopic (exact) mass is 330 g/mol. The van der Waals surface area contributed by atoms with E-state index in [9.17, 15) is 8.42 Å². The Hall–Kier alpha value is -1.14. The average Bonchev–Trinajstić information content (AvgIpc) is 2.42. The molecule has 7 heteroatoms. The first-order valence-corrected chi connectivity index (χ1v) is 8.06. The van der Waals surface area contributed by atoms with Crippen LogP contribution in [-0.4, -0.2) is 19.9 Å². The molecular formula is C13H12Cl2N2O2S. The molecule has 0 amide bonds. The van der Waals surface area contributed by atoms with Crippen molar-refractivity contribution in [2.24, 2.45) is 0 Å². The molecule has 4 nitrogen and oxygen atoms in total. The number of hydrogen-bond donors (Lipinski definition) is 1. The fourth-order valence-corrected chi connectivity index (χ4v) is 3.43. The van der Waals surface area contributed by atoms with E-state index in [1.54, 1.807) is 24.5 Å². The van der Waals surface area contributed by atoms with Gasteiger partial charge in [0.05, 0.1) is 5.02 Å². The van der Waals surface area contributed by atoms with Gasteiger partial charge in [0.1, 0.15) is 4.90 Å². The van der Waals surface area contributed by atoms with Gasteiger partial charge in [-0.3, -0.25) is 4.98 Å². The lowest BCUT2D eigenvalue weighted by atomic mass is 10.2. The Morgan fingerprint density at radius 2 is 2.00 bits per heavy atom. The summed E-state index contributed by atoms with van der Waals surface area (Å²) >= 11 is 11.7. The summed E-state index contributed by atoms with van der Waals surface area (Å²) in [7, 11) is -3.67. The molecule has 0 atom stereocenters. The second-order valence-corrected chi connectivity index (χ2v) is 6.66. The van der Waals surface area contributed by atoms with E-state index in [1.807, 2.05) is 6.07 Å². The van der Waals surface area contributed by atoms with Crippen molar-refractivity contribution in [3.05, 3.63) is 58.3 Å². The number of nitrogens with zero attached hydrogens (tertiary/aromatic N) is 1. The summed E-state index contributed by atoms with van der Waals surface area (Å²) in [5.41, 5.74) is 0.951. The third kappa shape index (κ3) is 3.93. The van der Waals surface area contributed by atoms with Gasteiger partial charge in [0, 0.05) is 24.0 Å². The van der Waals surface area contributed by atoms with Gasteiger partial charge in [-0.1, -0.05) is 29.3 Å². The van der Waals surface area contributed by atoms with E-state index in [4.69, 9.17) is 23.2 Å². The number of halogens is 2. The fourth-order valence-electron chi connectivity index (χ4n) is 1.64. The lowest BCUT2D eigenvalue weighted by Gasteiger charge is -2.08. The van der Waals surface area contributed by atoms with Crippen molar-refractivity contribution < 1.29 is 8.42 Å². The van der Waals surface area contributed by atoms with E-state index in [1.165, 1.54) is 12.1 Å². The van der Waals surface area contributed by atoms with E-state index in [-0.39, 0.29) is 16.5 Å². The van der Waals surface area contributed by atoms with Gasteiger partial charge in [-0.15, -0.1) is 0 Å². The minimum Gasteiger partial charge on any atom is -0.264 e. The maximum absolute atomic E-state index is 12.1. The normalized spacial score (nSPS) is 11.5. The number of aromatic nitrogens is 1. The van der Waals surface area contributed by atoms with Crippen molar-refractivity contribution in [3.63, 3.8) is 0 Å². The zero-order chi connectivity index (χ0) is 14.6. The van der Waals surface area contributed by atoms with Crippen LogP contribution in [0.25, 0.3) is 0 Å². The van der Waals surface area contributed by atoms with Gasteiger partial charge in [-0.2, -0.15) is 0 Å². The van der Waals surface area contributed by atoms with Crippen molar-refractivity contribution in [1.82, 2.24) is 9.71 Å². The van der Waals surface area contributed by atoms with Crippen molar-refractivity contribution in [2.45, 2.75) is 11.3 Å². The van der Waals surface area contributed by atoms with Crippen LogP contribution in [0.15, 0.2) is 47.6 Å². The molecule has 0 saturated carbocycles. The summed E-state index contributed by atoms with van der Waals surface area (Å²) in [5.74, 6) is 0. The first-order chi connectivity index (χ1) is 9.49. The lowest BCUT2D eigenvalue weighted by Crippen LogP contribution is -2.26. The quantitative estimate of drug-likeness (QED) is 0.916. The second kappa shape index (κ2) is 6.54. The molecule has 0 aliphatic heterocycles. The van der Waals surface area contributed by atoms with Gasteiger partial charge in [-0.25, -0.2) is 13.1 Å². The van der Waals surface area contributed by atoms with Crippen LogP contribution in [0, 0.1) is 0 Å². The highest BCUT2D eigenvalue weighted by Crippen LogP contribution is 2.24. The molecule has 1 aromatic carbocycles. The smallest absolute Gasteiger partial charge is 0.242 e. The Morgan fingerprint density at radius 1 is 1.20 bits per heavy atom. The molecular weight excluding hydrogens is 319 g/mol. The minimum atomic E-state index is -3.67. The number of benzene rings is 1. The largest absolute Gasteiger partial charge is 0.264 e. The van der Waals surface area contributed by atoms with Gasteiger partial charge in [0.2, 0.25) is 10.0 Å². The molecule has 106 valence electrons. The van der Waals surface area contributed by atoms with Gasteiger partial charge >= 0.3 is 0 Å². The Bertz CT molecular complexity index is 691. The van der Waals surface area contributed by atoms with Crippen molar-refractivity contribution in [2.75, 3.05) is 6.54 Å². The first-order valence-electron chi connectivity index (χ1n) is 5.83. The topological polar surface area (TPSA) is 59.1 Å². The van der Waals surface area contributed by atoms with Gasteiger partial charge in [0.15, 0.2) is 0 Å². The third-order valence-corrected chi connectivity index (χ3v) is 4.79. The van der Waals surface area contributed by atoms with Crippen LogP contribution < -0.4 is 4.72 Å². The van der Waals surface area contributed by atoms with Crippen molar-refractivity contribution >= 4 is 33.2 Å². The van der Waals surface area contributed by atoms with Crippen molar-refractivity contribution in [3.8, 4) is 0 Å². The Labute approximate surface area is 127 Å². The highest BCUT2D eigenvalue weighted by Gasteiger charge is 2.17. The standard InChI is InChI=1S/C13H12Cl2N2O2S/c14-11-3-4-12(15)13(8-11)20(18,19)17-7-5-10-2-1-6-16-9-10/h1-4,6,8-9,17H,5,7H2. The SMILES string of the molecule is O=S(=O)(NCCc1cccnc1)c1cc(Cl)ccc1Cl. The first kappa shape index (κ1) is 15.3. The maximum atomic E-state index is 12.1. The van der Waals surface area contributed by atoms with E-state index in [0.29, 0.717) is 11.4 Å². The molecule has 1 heterocycles. The summed E-state index contributed by atoms with van der Waals surface area (Å²) < 4.78 is 26.7. The Balaban J connectivity index is 2.06. The minimum absolute atomic E-state index is 0.0159. The molecule has 0 spiro atoms. The third-order valence-electron chi connectivity index (χ3n) is 2.61. The number of nitrogens with one attached hydrogen (secondary N) is 1. The molecule has 0 bridgehead atoms. The highest BCUT2D eigenvalue weighted by atomic mass is 35.5. The zero-order valence-corrected chi connectivity index (χ0v) is 12.7. The van der Waals surface area contributed by atoms with Crippen LogP contribution in [-0.2, 0) is 16.4 Å². The molecule has 1 N–H and O–H groups in total. The molecule has 0 unspecified atom stereocenters. The predicted molar refractivity (Wildman–Crippen MR) is 79.6 cm³/mol. The van der Waals surface area contributed by atoms with Gasteiger partial charge in [-0.05, 0) is 36.2 Å². The molecule has 2 rings (SSSR count). The van der Waals surface area contributed by atoms with Gasteiger partial charge in [0.25, 0.3) is 0 Å². The van der Waals surface area contributed by atoms with E-state index >= 15 is 0 Å². The molecule has 1 aromatic heterocycles. The molecule has 0 saturated heterocycles. The molecule has 0 aliphatic rings. The Morgan fingerprint density at radius 3 is 2.70 bits per heavy atom. The summed E-state index contributed by atoms with van der Waals surface area (Å²) in [6.45, 7) is 0.261. The molecule has 0 fully saturated rings. The number of pyridine rings is 1. The van der Waals surface area contributed by atoms with Crippen LogP contribution in [0.1, 0.15) is 5.56 Å². The van der Waals surface area contributed by atoms with E-state index in [0.717, 1.165) is 5.56 Å². The van der Waals surface area contributed by atoms with Crippen LogP contribution in [0.2, 0.25) is 10.0 Å². The summed E-state index contributed by atoms with van der Waals surface area (Å²) in [5, 5.41) is 0.463.